The van der Waals surface area contributed by atoms with Gasteiger partial charge in [-0.05, 0) is 63.0 Å². The zero-order valence-corrected chi connectivity index (χ0v) is 16.8. The van der Waals surface area contributed by atoms with Gasteiger partial charge in [0.1, 0.15) is 0 Å². The lowest BCUT2D eigenvalue weighted by molar-refractivity contribution is -0.123. The molecule has 4 N–H and O–H groups in total. The molecule has 154 valence electrons. The molecule has 0 radical (unpaired) electrons. The first-order valence-corrected chi connectivity index (χ1v) is 10.2. The molecule has 1 fully saturated rings. The lowest BCUT2D eigenvalue weighted by atomic mass is 9.97. The first kappa shape index (κ1) is 22.2. The van der Waals surface area contributed by atoms with E-state index in [4.69, 9.17) is 17.3 Å². The van der Waals surface area contributed by atoms with Crippen LogP contribution in [0.5, 0.6) is 0 Å². The van der Waals surface area contributed by atoms with Crippen LogP contribution in [-0.4, -0.2) is 55.3 Å². The Morgan fingerprint density at radius 2 is 1.82 bits per heavy atom. The molecule has 1 atom stereocenters. The molecule has 8 heteroatoms. The zero-order valence-electron chi connectivity index (χ0n) is 16.1. The molecule has 0 spiro atoms. The minimum absolute atomic E-state index is 0.0191. The average molecular weight is 409 g/mol. The number of hydrogen-bond acceptors (Lipinski definition) is 4. The van der Waals surface area contributed by atoms with Crippen LogP contribution in [0.4, 0.5) is 0 Å². The largest absolute Gasteiger partial charge is 0.369 e. The van der Waals surface area contributed by atoms with Gasteiger partial charge in [-0.25, -0.2) is 0 Å². The van der Waals surface area contributed by atoms with Crippen molar-refractivity contribution in [2.45, 2.75) is 32.1 Å². The number of primary amides is 1. The topological polar surface area (TPSA) is 105 Å². The summed E-state index contributed by atoms with van der Waals surface area (Å²) in [5.74, 6) is -0.463. The fraction of sp³-hybridized carbons (Fsp3) is 0.550. The SMILES string of the molecule is NC(=O)C1CCCN(CCCNC(=O)CCCNC(=O)c2ccc(Cl)cc2)C1. The summed E-state index contributed by atoms with van der Waals surface area (Å²) in [4.78, 5) is 37.3. The molecule has 1 saturated heterocycles. The molecule has 28 heavy (non-hydrogen) atoms. The van der Waals surface area contributed by atoms with Gasteiger partial charge in [-0.1, -0.05) is 11.6 Å². The highest BCUT2D eigenvalue weighted by molar-refractivity contribution is 6.30. The second kappa shape index (κ2) is 11.7. The van der Waals surface area contributed by atoms with Crippen molar-refractivity contribution < 1.29 is 14.4 Å². The van der Waals surface area contributed by atoms with E-state index >= 15 is 0 Å². The fourth-order valence-electron chi connectivity index (χ4n) is 3.26. The summed E-state index contributed by atoms with van der Waals surface area (Å²) in [6.07, 6.45) is 3.65. The number of nitrogens with zero attached hydrogens (tertiary/aromatic N) is 1. The van der Waals surface area contributed by atoms with Gasteiger partial charge in [0.25, 0.3) is 5.91 Å². The normalized spacial score (nSPS) is 17.1. The quantitative estimate of drug-likeness (QED) is 0.511. The summed E-state index contributed by atoms with van der Waals surface area (Å²) in [5.41, 5.74) is 5.93. The summed E-state index contributed by atoms with van der Waals surface area (Å²) in [7, 11) is 0. The minimum atomic E-state index is -0.221. The van der Waals surface area contributed by atoms with Crippen molar-refractivity contribution in [1.29, 1.82) is 0 Å². The van der Waals surface area contributed by atoms with E-state index in [1.54, 1.807) is 24.3 Å². The number of amides is 3. The number of nitrogens with one attached hydrogen (secondary N) is 2. The van der Waals surface area contributed by atoms with Crippen molar-refractivity contribution in [3.63, 3.8) is 0 Å². The van der Waals surface area contributed by atoms with Crippen LogP contribution in [0.3, 0.4) is 0 Å². The molecule has 3 amide bonds. The van der Waals surface area contributed by atoms with Crippen LogP contribution in [-0.2, 0) is 9.59 Å². The van der Waals surface area contributed by atoms with Crippen LogP contribution in [0.1, 0.15) is 42.5 Å². The van der Waals surface area contributed by atoms with Gasteiger partial charge in [0.2, 0.25) is 11.8 Å². The lowest BCUT2D eigenvalue weighted by Crippen LogP contribution is -2.42. The monoisotopic (exact) mass is 408 g/mol. The predicted octanol–water partition coefficient (Wildman–Crippen LogP) is 1.55. The van der Waals surface area contributed by atoms with Crippen LogP contribution in [0.25, 0.3) is 0 Å². The van der Waals surface area contributed by atoms with Crippen molar-refractivity contribution in [2.75, 3.05) is 32.7 Å². The molecule has 1 aromatic carbocycles. The van der Waals surface area contributed by atoms with E-state index in [9.17, 15) is 14.4 Å². The Bertz CT molecular complexity index is 666. The highest BCUT2D eigenvalue weighted by atomic mass is 35.5. The highest BCUT2D eigenvalue weighted by Crippen LogP contribution is 2.15. The third-order valence-corrected chi connectivity index (χ3v) is 5.11. The van der Waals surface area contributed by atoms with Crippen molar-refractivity contribution in [2.24, 2.45) is 11.7 Å². The van der Waals surface area contributed by atoms with Crippen molar-refractivity contribution >= 4 is 29.3 Å². The Morgan fingerprint density at radius 1 is 1.11 bits per heavy atom. The summed E-state index contributed by atoms with van der Waals surface area (Å²) in [6, 6.07) is 6.67. The number of rotatable bonds is 10. The van der Waals surface area contributed by atoms with Crippen molar-refractivity contribution in [1.82, 2.24) is 15.5 Å². The van der Waals surface area contributed by atoms with Gasteiger partial charge < -0.3 is 21.3 Å². The second-order valence-corrected chi connectivity index (χ2v) is 7.55. The Balaban J connectivity index is 1.51. The second-order valence-electron chi connectivity index (χ2n) is 7.11. The molecule has 0 aliphatic carbocycles. The Labute approximate surface area is 171 Å². The first-order valence-electron chi connectivity index (χ1n) is 9.78. The van der Waals surface area contributed by atoms with Gasteiger partial charge in [0, 0.05) is 36.6 Å². The van der Waals surface area contributed by atoms with Gasteiger partial charge in [-0.15, -0.1) is 0 Å². The van der Waals surface area contributed by atoms with Gasteiger partial charge in [0.15, 0.2) is 0 Å². The van der Waals surface area contributed by atoms with E-state index in [-0.39, 0.29) is 23.6 Å². The van der Waals surface area contributed by atoms with Crippen LogP contribution >= 0.6 is 11.6 Å². The molecule has 0 aromatic heterocycles. The summed E-state index contributed by atoms with van der Waals surface area (Å²) < 4.78 is 0. The molecule has 1 aliphatic heterocycles. The molecular weight excluding hydrogens is 380 g/mol. The van der Waals surface area contributed by atoms with E-state index in [1.807, 2.05) is 0 Å². The average Bonchev–Trinajstić information content (AvgIpc) is 2.69. The number of nitrogens with two attached hydrogens (primary N) is 1. The molecule has 1 aliphatic rings. The first-order chi connectivity index (χ1) is 13.5. The van der Waals surface area contributed by atoms with E-state index in [1.165, 1.54) is 0 Å². The number of likely N-dealkylation sites (tertiary alicyclic amines) is 1. The Kier molecular flexibility index (Phi) is 9.23. The predicted molar refractivity (Wildman–Crippen MR) is 109 cm³/mol. The van der Waals surface area contributed by atoms with Gasteiger partial charge in [-0.3, -0.25) is 14.4 Å². The lowest BCUT2D eigenvalue weighted by Gasteiger charge is -2.31. The molecule has 1 heterocycles. The van der Waals surface area contributed by atoms with Crippen LogP contribution in [0, 0.1) is 5.92 Å². The van der Waals surface area contributed by atoms with Gasteiger partial charge in [0.05, 0.1) is 5.92 Å². The third kappa shape index (κ3) is 7.86. The molecule has 0 bridgehead atoms. The van der Waals surface area contributed by atoms with E-state index in [2.05, 4.69) is 15.5 Å². The number of piperidine rings is 1. The summed E-state index contributed by atoms with van der Waals surface area (Å²) >= 11 is 5.80. The molecule has 7 nitrogen and oxygen atoms in total. The molecule has 1 aromatic rings. The molecule has 0 saturated carbocycles. The number of carbonyl (C=O) groups excluding carboxylic acids is 3. The van der Waals surface area contributed by atoms with Gasteiger partial charge >= 0.3 is 0 Å². The Hall–Kier alpha value is -2.12. The summed E-state index contributed by atoms with van der Waals surface area (Å²) in [6.45, 7) is 3.59. The van der Waals surface area contributed by atoms with Gasteiger partial charge in [-0.2, -0.15) is 0 Å². The van der Waals surface area contributed by atoms with Crippen molar-refractivity contribution in [3.8, 4) is 0 Å². The fourth-order valence-corrected chi connectivity index (χ4v) is 3.39. The molecular formula is C20H29ClN4O3. The smallest absolute Gasteiger partial charge is 0.251 e. The highest BCUT2D eigenvalue weighted by Gasteiger charge is 2.23. The van der Waals surface area contributed by atoms with Crippen molar-refractivity contribution in [3.05, 3.63) is 34.9 Å². The van der Waals surface area contributed by atoms with Crippen LogP contribution in [0.15, 0.2) is 24.3 Å². The van der Waals surface area contributed by atoms with Crippen LogP contribution in [0.2, 0.25) is 5.02 Å². The maximum absolute atomic E-state index is 11.9. The van der Waals surface area contributed by atoms with E-state index < -0.39 is 0 Å². The third-order valence-electron chi connectivity index (χ3n) is 4.85. The maximum Gasteiger partial charge on any atom is 0.251 e. The van der Waals surface area contributed by atoms with E-state index in [0.717, 1.165) is 38.9 Å². The maximum atomic E-state index is 11.9. The summed E-state index contributed by atoms with van der Waals surface area (Å²) in [5, 5.41) is 6.27. The number of hydrogen-bond donors (Lipinski definition) is 3. The zero-order chi connectivity index (χ0) is 20.4. The molecule has 1 unspecified atom stereocenters. The minimum Gasteiger partial charge on any atom is -0.369 e. The molecule has 2 rings (SSSR count). The van der Waals surface area contributed by atoms with E-state index in [0.29, 0.717) is 36.5 Å². The standard InChI is InChI=1S/C20H29ClN4O3/c21-17-8-6-15(7-9-17)20(28)24-10-1-5-18(26)23-11-3-13-25-12-2-4-16(14-25)19(22)27/h6-9,16H,1-5,10-14H2,(H2,22,27)(H,23,26)(H,24,28). The number of carbonyl (C=O) groups is 3. The number of benzene rings is 1. The Morgan fingerprint density at radius 3 is 2.54 bits per heavy atom. The number of halogens is 1. The van der Waals surface area contributed by atoms with Crippen LogP contribution < -0.4 is 16.4 Å².